The lowest BCUT2D eigenvalue weighted by Crippen LogP contribution is -2.03. The van der Waals surface area contributed by atoms with Crippen molar-refractivity contribution >= 4 is 46.3 Å². The highest BCUT2D eigenvalue weighted by molar-refractivity contribution is 6.42. The highest BCUT2D eigenvalue weighted by atomic mass is 35.5. The van der Waals surface area contributed by atoms with E-state index in [0.717, 1.165) is 6.07 Å². The van der Waals surface area contributed by atoms with Gasteiger partial charge >= 0.3 is 5.69 Å². The molecule has 0 unspecified atom stereocenters. The third kappa shape index (κ3) is 3.66. The maximum Gasteiger partial charge on any atom is 0.312 e. The normalized spacial score (nSPS) is 10.4. The smallest absolute Gasteiger partial charge is 0.312 e. The topological polar surface area (TPSA) is 91.3 Å². The number of halogens is 3. The van der Waals surface area contributed by atoms with Gasteiger partial charge in [0, 0.05) is 12.1 Å². The van der Waals surface area contributed by atoms with Crippen molar-refractivity contribution in [3.05, 3.63) is 55.1 Å². The average Bonchev–Trinajstić information content (AvgIpc) is 2.42. The Morgan fingerprint density at radius 2 is 1.86 bits per heavy atom. The van der Waals surface area contributed by atoms with E-state index >= 15 is 0 Å². The van der Waals surface area contributed by atoms with Gasteiger partial charge in [-0.05, 0) is 12.1 Å². The molecule has 6 nitrogen and oxygen atoms in total. The molecule has 0 saturated heterocycles. The molecule has 0 fully saturated rings. The molecule has 9 heteroatoms. The monoisotopic (exact) mass is 347 g/mol. The molecule has 1 aromatic carbocycles. The minimum atomic E-state index is -0.619. The summed E-state index contributed by atoms with van der Waals surface area (Å²) in [5, 5.41) is 11.5. The Morgan fingerprint density at radius 3 is 2.52 bits per heavy atom. The van der Waals surface area contributed by atoms with Gasteiger partial charge in [-0.1, -0.05) is 34.8 Å². The van der Waals surface area contributed by atoms with Gasteiger partial charge < -0.3 is 10.5 Å². The van der Waals surface area contributed by atoms with E-state index < -0.39 is 4.92 Å². The van der Waals surface area contributed by atoms with Crippen LogP contribution in [0.2, 0.25) is 15.1 Å². The first-order valence-electron chi connectivity index (χ1n) is 5.55. The van der Waals surface area contributed by atoms with Crippen LogP contribution in [0.15, 0.2) is 24.3 Å². The number of benzene rings is 1. The summed E-state index contributed by atoms with van der Waals surface area (Å²) >= 11 is 17.5. The summed E-state index contributed by atoms with van der Waals surface area (Å²) < 4.78 is 5.37. The van der Waals surface area contributed by atoms with Gasteiger partial charge in [0.05, 0.1) is 25.7 Å². The summed E-state index contributed by atoms with van der Waals surface area (Å²) in [6.07, 6.45) is 0. The van der Waals surface area contributed by atoms with E-state index in [0.29, 0.717) is 10.7 Å². The summed E-state index contributed by atoms with van der Waals surface area (Å²) in [5.74, 6) is 0.233. The van der Waals surface area contributed by atoms with E-state index in [4.69, 9.17) is 45.3 Å². The maximum absolute atomic E-state index is 11.0. The van der Waals surface area contributed by atoms with Crippen molar-refractivity contribution in [2.75, 3.05) is 5.73 Å². The minimum absolute atomic E-state index is 0.0327. The molecule has 0 radical (unpaired) electrons. The van der Waals surface area contributed by atoms with Crippen molar-refractivity contribution in [2.24, 2.45) is 0 Å². The largest absolute Gasteiger partial charge is 0.480 e. The summed E-state index contributed by atoms with van der Waals surface area (Å²) in [6.45, 7) is -0.0946. The Bertz CT molecular complexity index is 710. The number of nitrogens with two attached hydrogens (primary N) is 1. The Balaban J connectivity index is 2.29. The quantitative estimate of drug-likeness (QED) is 0.663. The van der Waals surface area contributed by atoms with E-state index in [1.165, 1.54) is 12.1 Å². The molecule has 0 atom stereocenters. The van der Waals surface area contributed by atoms with Gasteiger partial charge in [0.15, 0.2) is 5.75 Å². The first-order chi connectivity index (χ1) is 9.88. The molecule has 0 saturated carbocycles. The van der Waals surface area contributed by atoms with Crippen LogP contribution in [0.5, 0.6) is 5.75 Å². The number of anilines is 1. The zero-order chi connectivity index (χ0) is 15.6. The molecule has 2 N–H and O–H groups in total. The number of pyridine rings is 1. The molecule has 0 amide bonds. The Labute approximate surface area is 134 Å². The first kappa shape index (κ1) is 15.6. The van der Waals surface area contributed by atoms with E-state index in [-0.39, 0.29) is 33.9 Å². The van der Waals surface area contributed by atoms with Crippen LogP contribution in [-0.2, 0) is 6.61 Å². The van der Waals surface area contributed by atoms with Crippen LogP contribution in [-0.4, -0.2) is 9.91 Å². The van der Waals surface area contributed by atoms with Gasteiger partial charge in [-0.15, -0.1) is 0 Å². The van der Waals surface area contributed by atoms with Crippen molar-refractivity contribution < 1.29 is 9.66 Å². The van der Waals surface area contributed by atoms with Crippen LogP contribution in [0.3, 0.4) is 0 Å². The van der Waals surface area contributed by atoms with Crippen LogP contribution in [0, 0.1) is 10.1 Å². The van der Waals surface area contributed by atoms with Crippen LogP contribution in [0.25, 0.3) is 0 Å². The lowest BCUT2D eigenvalue weighted by Gasteiger charge is -2.09. The fourth-order valence-electron chi connectivity index (χ4n) is 1.52. The van der Waals surface area contributed by atoms with Crippen LogP contribution < -0.4 is 10.5 Å². The number of aromatic nitrogens is 1. The average molecular weight is 349 g/mol. The third-order valence-electron chi connectivity index (χ3n) is 2.50. The number of nitrogen functional groups attached to an aromatic ring is 1. The van der Waals surface area contributed by atoms with Crippen LogP contribution in [0.4, 0.5) is 11.5 Å². The second-order valence-corrected chi connectivity index (χ2v) is 5.17. The fraction of sp³-hybridized carbons (Fsp3) is 0.0833. The first-order valence-corrected chi connectivity index (χ1v) is 6.69. The minimum Gasteiger partial charge on any atom is -0.480 e. The van der Waals surface area contributed by atoms with Crippen LogP contribution in [0.1, 0.15) is 5.69 Å². The van der Waals surface area contributed by atoms with Crippen molar-refractivity contribution in [3.63, 3.8) is 0 Å². The van der Waals surface area contributed by atoms with Gasteiger partial charge in [0.1, 0.15) is 12.4 Å². The highest BCUT2D eigenvalue weighted by Crippen LogP contribution is 2.36. The summed E-state index contributed by atoms with van der Waals surface area (Å²) in [5.41, 5.74) is 5.60. The molecule has 1 aromatic heterocycles. The summed E-state index contributed by atoms with van der Waals surface area (Å²) in [4.78, 5) is 14.4. The van der Waals surface area contributed by atoms with Crippen molar-refractivity contribution in [1.29, 1.82) is 0 Å². The van der Waals surface area contributed by atoms with Gasteiger partial charge in [0.2, 0.25) is 0 Å². The van der Waals surface area contributed by atoms with Gasteiger partial charge in [-0.2, -0.15) is 0 Å². The van der Waals surface area contributed by atoms with E-state index in [2.05, 4.69) is 4.98 Å². The number of ether oxygens (including phenoxy) is 1. The Hall–Kier alpha value is -1.76. The van der Waals surface area contributed by atoms with Gasteiger partial charge in [-0.25, -0.2) is 4.98 Å². The van der Waals surface area contributed by atoms with Crippen LogP contribution >= 0.6 is 34.8 Å². The van der Waals surface area contributed by atoms with E-state index in [1.807, 2.05) is 0 Å². The molecule has 0 spiro atoms. The number of nitro benzene ring substituents is 1. The lowest BCUT2D eigenvalue weighted by molar-refractivity contribution is -0.385. The van der Waals surface area contributed by atoms with Crippen molar-refractivity contribution in [1.82, 2.24) is 4.98 Å². The fourth-order valence-corrected chi connectivity index (χ4v) is 2.00. The molecule has 0 aliphatic heterocycles. The zero-order valence-corrected chi connectivity index (χ0v) is 12.6. The SMILES string of the molecule is Nc1ccc(Cl)c(COc2cc(Cl)c(Cl)cc2[N+](=O)[O-])n1. The number of hydrogen-bond donors (Lipinski definition) is 1. The van der Waals surface area contributed by atoms with E-state index in [9.17, 15) is 10.1 Å². The van der Waals surface area contributed by atoms with Crippen molar-refractivity contribution in [2.45, 2.75) is 6.61 Å². The zero-order valence-electron chi connectivity index (χ0n) is 10.3. The molecular weight excluding hydrogens is 341 g/mol. The lowest BCUT2D eigenvalue weighted by atomic mass is 10.3. The predicted molar refractivity (Wildman–Crippen MR) is 81.1 cm³/mol. The summed E-state index contributed by atoms with van der Waals surface area (Å²) in [6, 6.07) is 5.48. The Morgan fingerprint density at radius 1 is 1.19 bits per heavy atom. The van der Waals surface area contributed by atoms with Crippen molar-refractivity contribution in [3.8, 4) is 5.75 Å². The third-order valence-corrected chi connectivity index (χ3v) is 3.57. The number of rotatable bonds is 4. The molecule has 0 aliphatic rings. The molecule has 21 heavy (non-hydrogen) atoms. The Kier molecular flexibility index (Phi) is 4.72. The molecule has 110 valence electrons. The number of nitro groups is 1. The molecule has 0 aliphatic carbocycles. The van der Waals surface area contributed by atoms with Gasteiger partial charge in [-0.3, -0.25) is 10.1 Å². The molecular formula is C12H8Cl3N3O3. The highest BCUT2D eigenvalue weighted by Gasteiger charge is 2.19. The molecule has 2 rings (SSSR count). The molecule has 0 bridgehead atoms. The van der Waals surface area contributed by atoms with E-state index in [1.54, 1.807) is 6.07 Å². The maximum atomic E-state index is 11.0. The second kappa shape index (κ2) is 6.34. The van der Waals surface area contributed by atoms with Gasteiger partial charge in [0.25, 0.3) is 0 Å². The number of hydrogen-bond acceptors (Lipinski definition) is 5. The number of nitrogens with zero attached hydrogens (tertiary/aromatic N) is 2. The summed E-state index contributed by atoms with van der Waals surface area (Å²) in [7, 11) is 0. The second-order valence-electron chi connectivity index (χ2n) is 3.94. The standard InChI is InChI=1S/C12H8Cl3N3O3/c13-6-1-2-12(16)17-9(6)5-21-11-4-8(15)7(14)3-10(11)18(19)20/h1-4H,5H2,(H2,16,17). The predicted octanol–water partition coefficient (Wildman–Crippen LogP) is 4.11. The molecule has 2 aromatic rings. The molecule has 1 heterocycles.